The van der Waals surface area contributed by atoms with E-state index in [2.05, 4.69) is 4.98 Å². The van der Waals surface area contributed by atoms with Crippen molar-refractivity contribution in [2.24, 2.45) is 0 Å². The van der Waals surface area contributed by atoms with Crippen LogP contribution in [0.5, 0.6) is 5.75 Å². The molecule has 1 unspecified atom stereocenters. The monoisotopic (exact) mass is 211 g/mol. The first kappa shape index (κ1) is 11.6. The molecule has 0 bridgehead atoms. The number of hydrogen-bond acceptors (Lipinski definition) is 5. The normalized spacial score (nSPS) is 12.5. The fraction of sp³-hybridized carbons (Fsp3) is 0.400. The molecule has 0 amide bonds. The molecule has 1 rings (SSSR count). The number of carbonyl (C=O) groups is 1. The van der Waals surface area contributed by atoms with Gasteiger partial charge in [-0.2, -0.15) is 0 Å². The molecule has 0 aromatic carbocycles. The Balaban J connectivity index is 3.54. The predicted octanol–water partition coefficient (Wildman–Crippen LogP) is 0.454. The highest BCUT2D eigenvalue weighted by Gasteiger charge is 2.18. The maximum Gasteiger partial charge on any atom is 0.154 e. The molecule has 0 saturated heterocycles. The van der Waals surface area contributed by atoms with E-state index >= 15 is 0 Å². The van der Waals surface area contributed by atoms with Gasteiger partial charge in [0.05, 0.1) is 29.7 Å². The highest BCUT2D eigenvalue weighted by atomic mass is 16.3. The maximum atomic E-state index is 10.8. The van der Waals surface area contributed by atoms with Crippen molar-refractivity contribution in [2.75, 3.05) is 0 Å². The number of aliphatic hydroxyl groups excluding tert-OH is 2. The van der Waals surface area contributed by atoms with Gasteiger partial charge in [-0.1, -0.05) is 0 Å². The molecule has 82 valence electrons. The molecule has 0 aliphatic carbocycles. The number of aryl methyl sites for hydroxylation is 1. The Morgan fingerprint density at radius 3 is 2.53 bits per heavy atom. The summed E-state index contributed by atoms with van der Waals surface area (Å²) in [5.74, 6) is -0.251. The van der Waals surface area contributed by atoms with Crippen LogP contribution >= 0.6 is 0 Å². The fourth-order valence-electron chi connectivity index (χ4n) is 1.42. The van der Waals surface area contributed by atoms with Crippen LogP contribution in [0.25, 0.3) is 0 Å². The van der Waals surface area contributed by atoms with Gasteiger partial charge in [-0.05, 0) is 13.8 Å². The molecule has 0 aliphatic rings. The third-order valence-corrected chi connectivity index (χ3v) is 2.19. The first-order valence-electron chi connectivity index (χ1n) is 4.49. The molecule has 5 heteroatoms. The van der Waals surface area contributed by atoms with Crippen molar-refractivity contribution in [1.82, 2.24) is 4.98 Å². The lowest BCUT2D eigenvalue weighted by Gasteiger charge is -2.14. The van der Waals surface area contributed by atoms with Crippen LogP contribution < -0.4 is 0 Å². The number of pyridine rings is 1. The van der Waals surface area contributed by atoms with Crippen molar-refractivity contribution < 1.29 is 20.1 Å². The van der Waals surface area contributed by atoms with E-state index in [0.29, 0.717) is 6.29 Å². The molecular formula is C10H13NO4. The molecule has 0 radical (unpaired) electrons. The summed E-state index contributed by atoms with van der Waals surface area (Å²) >= 11 is 0. The van der Waals surface area contributed by atoms with Crippen LogP contribution in [-0.2, 0) is 6.61 Å². The van der Waals surface area contributed by atoms with Crippen molar-refractivity contribution in [2.45, 2.75) is 26.6 Å². The van der Waals surface area contributed by atoms with E-state index in [9.17, 15) is 15.0 Å². The van der Waals surface area contributed by atoms with Crippen LogP contribution in [0.4, 0.5) is 0 Å². The SMILES string of the molecule is Cc1nc(C(C)O)c(CO)c(C=O)c1O. The zero-order valence-electron chi connectivity index (χ0n) is 8.56. The highest BCUT2D eigenvalue weighted by molar-refractivity contribution is 5.82. The van der Waals surface area contributed by atoms with Gasteiger partial charge in [0.2, 0.25) is 0 Å². The smallest absolute Gasteiger partial charge is 0.154 e. The summed E-state index contributed by atoms with van der Waals surface area (Å²) in [6.07, 6.45) is -0.452. The zero-order valence-corrected chi connectivity index (χ0v) is 8.56. The Kier molecular flexibility index (Phi) is 3.39. The maximum absolute atomic E-state index is 10.8. The second kappa shape index (κ2) is 4.37. The van der Waals surface area contributed by atoms with E-state index in [-0.39, 0.29) is 28.3 Å². The Labute approximate surface area is 87.0 Å². The Morgan fingerprint density at radius 1 is 1.53 bits per heavy atom. The minimum Gasteiger partial charge on any atom is -0.505 e. The van der Waals surface area contributed by atoms with E-state index in [4.69, 9.17) is 5.11 Å². The lowest BCUT2D eigenvalue weighted by atomic mass is 10.0. The number of carbonyl (C=O) groups excluding carboxylic acids is 1. The van der Waals surface area contributed by atoms with Gasteiger partial charge in [0.1, 0.15) is 5.75 Å². The summed E-state index contributed by atoms with van der Waals surface area (Å²) in [5, 5.41) is 28.0. The number of aliphatic hydroxyl groups is 2. The predicted molar refractivity (Wildman–Crippen MR) is 52.6 cm³/mol. The van der Waals surface area contributed by atoms with Crippen LogP contribution in [0, 0.1) is 6.92 Å². The molecule has 5 nitrogen and oxygen atoms in total. The number of rotatable bonds is 3. The van der Waals surface area contributed by atoms with Gasteiger partial charge in [0.25, 0.3) is 0 Å². The number of aromatic hydroxyl groups is 1. The molecule has 15 heavy (non-hydrogen) atoms. The van der Waals surface area contributed by atoms with Gasteiger partial charge in [-0.3, -0.25) is 9.78 Å². The Bertz CT molecular complexity index is 387. The number of nitrogens with zero attached hydrogens (tertiary/aromatic N) is 1. The molecule has 0 spiro atoms. The lowest BCUT2D eigenvalue weighted by molar-refractivity contribution is 0.111. The van der Waals surface area contributed by atoms with Crippen molar-refractivity contribution >= 4 is 6.29 Å². The van der Waals surface area contributed by atoms with E-state index in [1.54, 1.807) is 0 Å². The molecule has 1 aromatic heterocycles. The topological polar surface area (TPSA) is 90.7 Å². The minimum absolute atomic E-state index is 0.0131. The van der Waals surface area contributed by atoms with Crippen LogP contribution in [0.2, 0.25) is 0 Å². The van der Waals surface area contributed by atoms with E-state index in [1.165, 1.54) is 13.8 Å². The third-order valence-electron chi connectivity index (χ3n) is 2.19. The average molecular weight is 211 g/mol. The number of aromatic nitrogens is 1. The quantitative estimate of drug-likeness (QED) is 0.631. The van der Waals surface area contributed by atoms with Gasteiger partial charge in [-0.15, -0.1) is 0 Å². The van der Waals surface area contributed by atoms with Crippen molar-refractivity contribution in [1.29, 1.82) is 0 Å². The van der Waals surface area contributed by atoms with E-state index in [1.807, 2.05) is 0 Å². The summed E-state index contributed by atoms with van der Waals surface area (Å²) in [7, 11) is 0. The summed E-state index contributed by atoms with van der Waals surface area (Å²) in [4.78, 5) is 14.7. The average Bonchev–Trinajstić information content (AvgIpc) is 2.20. The first-order valence-corrected chi connectivity index (χ1v) is 4.49. The molecular weight excluding hydrogens is 198 g/mol. The van der Waals surface area contributed by atoms with Gasteiger partial charge in [-0.25, -0.2) is 0 Å². The molecule has 0 aliphatic heterocycles. The Hall–Kier alpha value is -1.46. The van der Waals surface area contributed by atoms with Gasteiger partial charge >= 0.3 is 0 Å². The minimum atomic E-state index is -0.898. The fourth-order valence-corrected chi connectivity index (χ4v) is 1.42. The second-order valence-corrected chi connectivity index (χ2v) is 3.28. The molecule has 3 N–H and O–H groups in total. The Morgan fingerprint density at radius 2 is 2.13 bits per heavy atom. The van der Waals surface area contributed by atoms with E-state index < -0.39 is 12.7 Å². The lowest BCUT2D eigenvalue weighted by Crippen LogP contribution is -2.08. The molecule has 1 aromatic rings. The van der Waals surface area contributed by atoms with Crippen molar-refractivity contribution in [3.8, 4) is 5.75 Å². The largest absolute Gasteiger partial charge is 0.505 e. The zero-order chi connectivity index (χ0) is 11.6. The first-order chi connectivity index (χ1) is 7.02. The molecule has 0 fully saturated rings. The molecule has 1 heterocycles. The standard InChI is InChI=1S/C10H13NO4/c1-5-10(15)8(4-13)7(3-12)9(11-5)6(2)14/h4,6,12,14-15H,3H2,1-2H3. The summed E-state index contributed by atoms with van der Waals surface area (Å²) in [5.41, 5.74) is 0.629. The molecule has 1 atom stereocenters. The third kappa shape index (κ3) is 1.98. The van der Waals surface area contributed by atoms with E-state index in [0.717, 1.165) is 0 Å². The second-order valence-electron chi connectivity index (χ2n) is 3.28. The van der Waals surface area contributed by atoms with Crippen LogP contribution in [0.3, 0.4) is 0 Å². The van der Waals surface area contributed by atoms with Crippen LogP contribution in [0.15, 0.2) is 0 Å². The van der Waals surface area contributed by atoms with Gasteiger partial charge in [0, 0.05) is 5.56 Å². The number of hydrogen-bond donors (Lipinski definition) is 3. The van der Waals surface area contributed by atoms with Crippen LogP contribution in [0.1, 0.15) is 40.3 Å². The number of aldehydes is 1. The van der Waals surface area contributed by atoms with Gasteiger partial charge < -0.3 is 15.3 Å². The molecule has 0 saturated carbocycles. The van der Waals surface area contributed by atoms with Gasteiger partial charge in [0.15, 0.2) is 6.29 Å². The van der Waals surface area contributed by atoms with Crippen molar-refractivity contribution in [3.63, 3.8) is 0 Å². The summed E-state index contributed by atoms with van der Waals surface area (Å²) in [6, 6.07) is 0. The summed E-state index contributed by atoms with van der Waals surface area (Å²) < 4.78 is 0. The van der Waals surface area contributed by atoms with Crippen LogP contribution in [-0.4, -0.2) is 26.6 Å². The highest BCUT2D eigenvalue weighted by Crippen LogP contribution is 2.27. The summed E-state index contributed by atoms with van der Waals surface area (Å²) in [6.45, 7) is 2.55. The van der Waals surface area contributed by atoms with Crippen molar-refractivity contribution in [3.05, 3.63) is 22.5 Å².